The fraction of sp³-hybridized carbons (Fsp3) is 0.375. The van der Waals surface area contributed by atoms with E-state index in [0.717, 1.165) is 19.1 Å². The third-order valence-electron chi connectivity index (χ3n) is 3.77. The molecule has 2 atom stereocenters. The van der Waals surface area contributed by atoms with Crippen LogP contribution in [0.1, 0.15) is 30.1 Å². The first-order valence-electron chi connectivity index (χ1n) is 8.02. The zero-order valence-electron chi connectivity index (χ0n) is 14.8. The number of allylic oxidation sites excluding steroid dienone is 3. The van der Waals surface area contributed by atoms with E-state index in [9.17, 15) is 40.7 Å². The van der Waals surface area contributed by atoms with E-state index in [1.807, 2.05) is 0 Å². The Hall–Kier alpha value is -2.25. The maximum absolute atomic E-state index is 13.7. The Morgan fingerprint density at radius 2 is 2.03 bits per heavy atom. The molecule has 0 saturated heterocycles. The van der Waals surface area contributed by atoms with Crippen LogP contribution in [0.5, 0.6) is 0 Å². The van der Waals surface area contributed by atoms with E-state index >= 15 is 0 Å². The standard InChI is InChI=1S/C16H16F4N2O5S2/c1-7(23)14(25)22-15-10(13(21)24)5-12(28-15)29(26,27)11-4-9(17)3-2-8(11)6-16(18,19)20/h2,4-5,7,9,23H,3,6H2,1H3,(H2,21,24)(H,22,25). The van der Waals surface area contributed by atoms with Gasteiger partial charge in [0.25, 0.3) is 11.8 Å². The minimum absolute atomic E-state index is 0.309. The van der Waals surface area contributed by atoms with E-state index in [0.29, 0.717) is 17.4 Å². The van der Waals surface area contributed by atoms with Crippen molar-refractivity contribution in [3.63, 3.8) is 0 Å². The monoisotopic (exact) mass is 456 g/mol. The fourth-order valence-corrected chi connectivity index (χ4v) is 5.51. The second-order valence-electron chi connectivity index (χ2n) is 6.15. The van der Waals surface area contributed by atoms with Gasteiger partial charge in [-0.15, -0.1) is 11.3 Å². The van der Waals surface area contributed by atoms with Gasteiger partial charge in [0.05, 0.1) is 16.9 Å². The molecule has 2 rings (SSSR count). The van der Waals surface area contributed by atoms with Gasteiger partial charge in [-0.3, -0.25) is 9.59 Å². The molecular weight excluding hydrogens is 440 g/mol. The average Bonchev–Trinajstić information content (AvgIpc) is 3.00. The van der Waals surface area contributed by atoms with Crippen LogP contribution in [-0.2, 0) is 14.6 Å². The molecule has 29 heavy (non-hydrogen) atoms. The highest BCUT2D eigenvalue weighted by Gasteiger charge is 2.37. The van der Waals surface area contributed by atoms with Crippen LogP contribution in [0.2, 0.25) is 0 Å². The number of sulfone groups is 1. The number of anilines is 1. The van der Waals surface area contributed by atoms with E-state index in [-0.39, 0.29) is 5.00 Å². The number of aliphatic hydroxyl groups is 1. The van der Waals surface area contributed by atoms with E-state index in [1.54, 1.807) is 0 Å². The van der Waals surface area contributed by atoms with Crippen molar-refractivity contribution in [3.8, 4) is 0 Å². The molecule has 7 nitrogen and oxygen atoms in total. The molecule has 0 bridgehead atoms. The number of carbonyl (C=O) groups is 2. The summed E-state index contributed by atoms with van der Waals surface area (Å²) in [5, 5.41) is 11.1. The summed E-state index contributed by atoms with van der Waals surface area (Å²) in [6.45, 7) is 1.12. The van der Waals surface area contributed by atoms with Crippen molar-refractivity contribution in [2.45, 2.75) is 42.4 Å². The summed E-state index contributed by atoms with van der Waals surface area (Å²) in [5.74, 6) is -2.08. The molecule has 4 N–H and O–H groups in total. The molecule has 160 valence electrons. The highest BCUT2D eigenvalue weighted by Crippen LogP contribution is 2.40. The smallest absolute Gasteiger partial charge is 0.384 e. The van der Waals surface area contributed by atoms with Crippen LogP contribution in [0.15, 0.2) is 32.9 Å². The first kappa shape index (κ1) is 23.0. The number of hydrogen-bond donors (Lipinski definition) is 3. The number of nitrogens with two attached hydrogens (primary N) is 1. The Bertz CT molecular complexity index is 993. The summed E-state index contributed by atoms with van der Waals surface area (Å²) in [6, 6.07) is 0.786. The Labute approximate surface area is 166 Å². The molecular formula is C16H16F4N2O5S2. The van der Waals surface area contributed by atoms with Gasteiger partial charge in [0, 0.05) is 6.42 Å². The maximum Gasteiger partial charge on any atom is 0.393 e. The predicted molar refractivity (Wildman–Crippen MR) is 96.7 cm³/mol. The molecule has 0 saturated carbocycles. The van der Waals surface area contributed by atoms with E-state index in [2.05, 4.69) is 5.32 Å². The number of rotatable bonds is 6. The normalized spacial score (nSPS) is 18.6. The van der Waals surface area contributed by atoms with Crippen molar-refractivity contribution in [1.29, 1.82) is 0 Å². The number of carbonyl (C=O) groups excluding carboxylic acids is 2. The van der Waals surface area contributed by atoms with Crippen LogP contribution in [0.4, 0.5) is 22.6 Å². The minimum atomic E-state index is -4.73. The lowest BCUT2D eigenvalue weighted by Gasteiger charge is -2.19. The highest BCUT2D eigenvalue weighted by molar-refractivity contribution is 7.97. The van der Waals surface area contributed by atoms with E-state index < -0.39 is 73.2 Å². The van der Waals surface area contributed by atoms with Gasteiger partial charge >= 0.3 is 6.18 Å². The number of halogens is 4. The number of alkyl halides is 4. The summed E-state index contributed by atoms with van der Waals surface area (Å²) in [5.41, 5.74) is 4.12. The largest absolute Gasteiger partial charge is 0.393 e. The summed E-state index contributed by atoms with van der Waals surface area (Å²) in [7, 11) is -4.66. The van der Waals surface area contributed by atoms with Gasteiger partial charge in [-0.1, -0.05) is 6.08 Å². The molecule has 0 radical (unpaired) electrons. The molecule has 1 aliphatic rings. The number of nitrogens with one attached hydrogen (secondary N) is 1. The number of primary amides is 1. The Morgan fingerprint density at radius 1 is 1.41 bits per heavy atom. The molecule has 0 aromatic carbocycles. The van der Waals surface area contributed by atoms with Crippen molar-refractivity contribution in [2.75, 3.05) is 5.32 Å². The van der Waals surface area contributed by atoms with Crippen LogP contribution in [0, 0.1) is 0 Å². The maximum atomic E-state index is 13.7. The quantitative estimate of drug-likeness (QED) is 0.567. The molecule has 2 amide bonds. The zero-order chi connectivity index (χ0) is 22.1. The van der Waals surface area contributed by atoms with Gasteiger partial charge < -0.3 is 16.2 Å². The summed E-state index contributed by atoms with van der Waals surface area (Å²) in [4.78, 5) is 22.4. The Morgan fingerprint density at radius 3 is 2.55 bits per heavy atom. The lowest BCUT2D eigenvalue weighted by atomic mass is 10.0. The molecule has 13 heteroatoms. The van der Waals surface area contributed by atoms with Crippen LogP contribution in [-0.4, -0.2) is 43.8 Å². The summed E-state index contributed by atoms with van der Waals surface area (Å²) in [6.07, 6.45) is -8.57. The molecule has 1 heterocycles. The molecule has 1 aromatic heterocycles. The van der Waals surface area contributed by atoms with Gasteiger partial charge in [-0.05, 0) is 24.6 Å². The minimum Gasteiger partial charge on any atom is -0.384 e. The number of hydrogen-bond acceptors (Lipinski definition) is 6. The second-order valence-corrected chi connectivity index (χ2v) is 9.34. The van der Waals surface area contributed by atoms with Crippen molar-refractivity contribution in [2.24, 2.45) is 5.73 Å². The Balaban J connectivity index is 2.52. The third kappa shape index (κ3) is 5.42. The SMILES string of the molecule is CC(O)C(=O)Nc1sc(S(=O)(=O)C2=CC(F)CC=C2CC(F)(F)F)cc1C(N)=O. The number of aliphatic hydroxyl groups excluding tert-OH is 1. The topological polar surface area (TPSA) is 127 Å². The molecule has 0 fully saturated rings. The average molecular weight is 456 g/mol. The van der Waals surface area contributed by atoms with Crippen molar-refractivity contribution in [3.05, 3.63) is 34.3 Å². The third-order valence-corrected chi connectivity index (χ3v) is 7.15. The van der Waals surface area contributed by atoms with Gasteiger partial charge in [-0.25, -0.2) is 12.8 Å². The molecule has 1 aromatic rings. The van der Waals surface area contributed by atoms with Crippen molar-refractivity contribution >= 4 is 38.0 Å². The summed E-state index contributed by atoms with van der Waals surface area (Å²) < 4.78 is 77.3. The molecule has 0 aliphatic heterocycles. The lowest BCUT2D eigenvalue weighted by Crippen LogP contribution is -2.25. The fourth-order valence-electron chi connectivity index (χ4n) is 2.43. The molecule has 0 spiro atoms. The van der Waals surface area contributed by atoms with Gasteiger partial charge in [-0.2, -0.15) is 13.2 Å². The lowest BCUT2D eigenvalue weighted by molar-refractivity contribution is -0.126. The van der Waals surface area contributed by atoms with E-state index in [4.69, 9.17) is 5.73 Å². The first-order chi connectivity index (χ1) is 13.2. The van der Waals surface area contributed by atoms with Crippen LogP contribution < -0.4 is 11.1 Å². The van der Waals surface area contributed by atoms with Crippen LogP contribution in [0.3, 0.4) is 0 Å². The van der Waals surface area contributed by atoms with Gasteiger partial charge in [0.2, 0.25) is 9.84 Å². The zero-order valence-corrected chi connectivity index (χ0v) is 16.4. The molecule has 2 unspecified atom stereocenters. The van der Waals surface area contributed by atoms with Crippen molar-refractivity contribution in [1.82, 2.24) is 0 Å². The van der Waals surface area contributed by atoms with E-state index in [1.165, 1.54) is 0 Å². The van der Waals surface area contributed by atoms with Crippen LogP contribution in [0.25, 0.3) is 0 Å². The second kappa shape index (κ2) is 8.24. The van der Waals surface area contributed by atoms with Crippen LogP contribution >= 0.6 is 11.3 Å². The van der Waals surface area contributed by atoms with Gasteiger partial charge in [0.15, 0.2) is 0 Å². The highest BCUT2D eigenvalue weighted by atomic mass is 32.2. The Kier molecular flexibility index (Phi) is 6.55. The first-order valence-corrected chi connectivity index (χ1v) is 10.3. The summed E-state index contributed by atoms with van der Waals surface area (Å²) >= 11 is 0.352. The van der Waals surface area contributed by atoms with Gasteiger partial charge in [0.1, 0.15) is 21.5 Å². The predicted octanol–water partition coefficient (Wildman–Crippen LogP) is 2.44. The number of amides is 2. The molecule has 1 aliphatic carbocycles. The number of thiophene rings is 1. The van der Waals surface area contributed by atoms with Crippen molar-refractivity contribution < 1.29 is 40.7 Å².